The van der Waals surface area contributed by atoms with Crippen LogP contribution in [0.5, 0.6) is 0 Å². The van der Waals surface area contributed by atoms with Crippen molar-refractivity contribution in [1.29, 1.82) is 0 Å². The largest absolute Gasteiger partial charge is 0.369 e. The highest BCUT2D eigenvalue weighted by Gasteiger charge is 2.08. The molecule has 4 N–H and O–H groups in total. The summed E-state index contributed by atoms with van der Waals surface area (Å²) in [7, 11) is 0. The van der Waals surface area contributed by atoms with Gasteiger partial charge in [0, 0.05) is 36.7 Å². The number of aromatic amines is 1. The summed E-state index contributed by atoms with van der Waals surface area (Å²) >= 11 is 3.39. The number of hydrogen-bond donors (Lipinski definition) is 4. The summed E-state index contributed by atoms with van der Waals surface area (Å²) in [6.07, 6.45) is 5.78. The standard InChI is InChI=1S/C16H16BrN7O/c17-13-9-20-15(24-16(25)22-11-4-2-1-3-5-11)23-14(13)19-7-6-12-8-18-10-21-12/h1-5,8-10H,6-7H2,(H,18,21)(H3,19,20,22,23,24,25). The monoisotopic (exact) mass is 401 g/mol. The summed E-state index contributed by atoms with van der Waals surface area (Å²) in [6.45, 7) is 0.660. The summed E-state index contributed by atoms with van der Waals surface area (Å²) in [6, 6.07) is 8.75. The van der Waals surface area contributed by atoms with Crippen molar-refractivity contribution >= 4 is 39.4 Å². The topological polar surface area (TPSA) is 108 Å². The fraction of sp³-hybridized carbons (Fsp3) is 0.125. The third kappa shape index (κ3) is 5.01. The van der Waals surface area contributed by atoms with Gasteiger partial charge in [-0.05, 0) is 28.1 Å². The van der Waals surface area contributed by atoms with Crippen molar-refractivity contribution in [3.63, 3.8) is 0 Å². The number of carbonyl (C=O) groups is 1. The summed E-state index contributed by atoms with van der Waals surface area (Å²) in [5.41, 5.74) is 1.72. The van der Waals surface area contributed by atoms with E-state index in [1.54, 1.807) is 30.9 Å². The Balaban J connectivity index is 1.57. The van der Waals surface area contributed by atoms with Crippen LogP contribution in [0.1, 0.15) is 5.69 Å². The van der Waals surface area contributed by atoms with Gasteiger partial charge >= 0.3 is 6.03 Å². The Morgan fingerprint density at radius 3 is 2.76 bits per heavy atom. The summed E-state index contributed by atoms with van der Waals surface area (Å²) in [5, 5.41) is 8.52. The summed E-state index contributed by atoms with van der Waals surface area (Å²) < 4.78 is 0.714. The first-order valence-electron chi connectivity index (χ1n) is 7.57. The van der Waals surface area contributed by atoms with Crippen LogP contribution >= 0.6 is 15.9 Å². The van der Waals surface area contributed by atoms with Gasteiger partial charge in [-0.3, -0.25) is 5.32 Å². The number of nitrogens with one attached hydrogen (secondary N) is 4. The Labute approximate surface area is 152 Å². The molecule has 9 heteroatoms. The van der Waals surface area contributed by atoms with Crippen molar-refractivity contribution in [2.45, 2.75) is 6.42 Å². The predicted octanol–water partition coefficient (Wildman–Crippen LogP) is 3.26. The molecule has 2 aromatic heterocycles. The third-order valence-electron chi connectivity index (χ3n) is 3.24. The molecule has 8 nitrogen and oxygen atoms in total. The van der Waals surface area contributed by atoms with Gasteiger partial charge in [-0.2, -0.15) is 4.98 Å². The quantitative estimate of drug-likeness (QED) is 0.506. The smallest absolute Gasteiger partial charge is 0.326 e. The predicted molar refractivity (Wildman–Crippen MR) is 99.6 cm³/mol. The van der Waals surface area contributed by atoms with Crippen LogP contribution in [-0.2, 0) is 6.42 Å². The van der Waals surface area contributed by atoms with E-state index in [1.807, 2.05) is 18.2 Å². The van der Waals surface area contributed by atoms with E-state index in [2.05, 4.69) is 51.8 Å². The number of H-pyrrole nitrogens is 1. The van der Waals surface area contributed by atoms with Gasteiger partial charge in [0.25, 0.3) is 0 Å². The maximum Gasteiger partial charge on any atom is 0.326 e. The van der Waals surface area contributed by atoms with Crippen LogP contribution in [0.2, 0.25) is 0 Å². The van der Waals surface area contributed by atoms with Crippen LogP contribution in [0.4, 0.5) is 22.2 Å². The normalized spacial score (nSPS) is 10.3. The number of aromatic nitrogens is 4. The first kappa shape index (κ1) is 16.9. The number of rotatable bonds is 6. The maximum atomic E-state index is 12.0. The Bertz CT molecular complexity index is 824. The van der Waals surface area contributed by atoms with Gasteiger partial charge in [0.1, 0.15) is 5.82 Å². The number of benzene rings is 1. The number of amides is 2. The van der Waals surface area contributed by atoms with E-state index in [-0.39, 0.29) is 5.95 Å². The third-order valence-corrected chi connectivity index (χ3v) is 3.82. The Morgan fingerprint density at radius 2 is 2.00 bits per heavy atom. The molecule has 0 aliphatic carbocycles. The highest BCUT2D eigenvalue weighted by Crippen LogP contribution is 2.20. The molecule has 0 bridgehead atoms. The zero-order valence-electron chi connectivity index (χ0n) is 13.2. The molecule has 0 spiro atoms. The molecular weight excluding hydrogens is 386 g/mol. The van der Waals surface area contributed by atoms with Crippen LogP contribution in [0.25, 0.3) is 0 Å². The average Bonchev–Trinajstić information content (AvgIpc) is 3.12. The SMILES string of the molecule is O=C(Nc1ccccc1)Nc1ncc(Br)c(NCCc2cnc[nH]2)n1. The molecule has 0 aliphatic rings. The van der Waals surface area contributed by atoms with Gasteiger partial charge in [0.05, 0.1) is 10.8 Å². The van der Waals surface area contributed by atoms with Crippen LogP contribution in [0.3, 0.4) is 0 Å². The minimum atomic E-state index is -0.406. The number of anilines is 3. The van der Waals surface area contributed by atoms with E-state index in [4.69, 9.17) is 0 Å². The molecule has 0 unspecified atom stereocenters. The molecule has 1 aromatic carbocycles. The molecule has 25 heavy (non-hydrogen) atoms. The molecule has 2 amide bonds. The first-order chi connectivity index (χ1) is 12.2. The highest BCUT2D eigenvalue weighted by atomic mass is 79.9. The van der Waals surface area contributed by atoms with Gasteiger partial charge in [-0.15, -0.1) is 0 Å². The van der Waals surface area contributed by atoms with Gasteiger partial charge in [0.15, 0.2) is 0 Å². The molecular formula is C16H16BrN7O. The van der Waals surface area contributed by atoms with Gasteiger partial charge in [0.2, 0.25) is 5.95 Å². The number of para-hydroxylation sites is 1. The average molecular weight is 402 g/mol. The number of urea groups is 1. The minimum Gasteiger partial charge on any atom is -0.369 e. The van der Waals surface area contributed by atoms with E-state index in [0.29, 0.717) is 22.5 Å². The fourth-order valence-corrected chi connectivity index (χ4v) is 2.40. The number of hydrogen-bond acceptors (Lipinski definition) is 5. The van der Waals surface area contributed by atoms with Crippen molar-refractivity contribution in [1.82, 2.24) is 19.9 Å². The van der Waals surface area contributed by atoms with Crippen molar-refractivity contribution in [2.75, 3.05) is 22.5 Å². The Kier molecular flexibility index (Phi) is 5.57. The van der Waals surface area contributed by atoms with Gasteiger partial charge in [-0.25, -0.2) is 14.8 Å². The number of halogens is 1. The van der Waals surface area contributed by atoms with Crippen molar-refractivity contribution in [2.24, 2.45) is 0 Å². The van der Waals surface area contributed by atoms with E-state index in [9.17, 15) is 4.79 Å². The number of nitrogens with zero attached hydrogens (tertiary/aromatic N) is 3. The second-order valence-electron chi connectivity index (χ2n) is 5.09. The van der Waals surface area contributed by atoms with E-state index >= 15 is 0 Å². The zero-order chi connectivity index (χ0) is 17.5. The lowest BCUT2D eigenvalue weighted by atomic mass is 10.3. The first-order valence-corrected chi connectivity index (χ1v) is 8.37. The number of imidazole rings is 1. The lowest BCUT2D eigenvalue weighted by molar-refractivity contribution is 0.262. The van der Waals surface area contributed by atoms with E-state index in [0.717, 1.165) is 12.1 Å². The highest BCUT2D eigenvalue weighted by molar-refractivity contribution is 9.10. The minimum absolute atomic E-state index is 0.209. The van der Waals surface area contributed by atoms with E-state index in [1.165, 1.54) is 0 Å². The molecule has 0 fully saturated rings. The van der Waals surface area contributed by atoms with E-state index < -0.39 is 6.03 Å². The summed E-state index contributed by atoms with van der Waals surface area (Å²) in [5.74, 6) is 0.810. The molecule has 3 rings (SSSR count). The van der Waals surface area contributed by atoms with Crippen molar-refractivity contribution in [3.05, 3.63) is 59.2 Å². The molecule has 0 saturated heterocycles. The molecule has 0 aliphatic heterocycles. The summed E-state index contributed by atoms with van der Waals surface area (Å²) in [4.78, 5) is 27.4. The maximum absolute atomic E-state index is 12.0. The van der Waals surface area contributed by atoms with Crippen molar-refractivity contribution < 1.29 is 4.79 Å². The molecule has 0 atom stereocenters. The fourth-order valence-electron chi connectivity index (χ4n) is 2.07. The van der Waals surface area contributed by atoms with Crippen molar-refractivity contribution in [3.8, 4) is 0 Å². The Hall–Kier alpha value is -2.94. The lowest BCUT2D eigenvalue weighted by Gasteiger charge is -2.10. The zero-order valence-corrected chi connectivity index (χ0v) is 14.7. The molecule has 128 valence electrons. The second kappa shape index (κ2) is 8.25. The molecule has 3 aromatic rings. The molecule has 2 heterocycles. The lowest BCUT2D eigenvalue weighted by Crippen LogP contribution is -2.21. The number of carbonyl (C=O) groups excluding carboxylic acids is 1. The van der Waals surface area contributed by atoms with Gasteiger partial charge in [-0.1, -0.05) is 18.2 Å². The van der Waals surface area contributed by atoms with Crippen LogP contribution < -0.4 is 16.0 Å². The molecule has 0 radical (unpaired) electrons. The van der Waals surface area contributed by atoms with Crippen LogP contribution in [0, 0.1) is 0 Å². The Morgan fingerprint density at radius 1 is 1.16 bits per heavy atom. The second-order valence-corrected chi connectivity index (χ2v) is 5.94. The van der Waals surface area contributed by atoms with Crippen LogP contribution in [-0.4, -0.2) is 32.5 Å². The van der Waals surface area contributed by atoms with Gasteiger partial charge < -0.3 is 15.6 Å². The van der Waals surface area contributed by atoms with Crippen LogP contribution in [0.15, 0.2) is 53.5 Å². The molecule has 0 saturated carbocycles.